The molecule has 10 nitrogen and oxygen atoms in total. The second kappa shape index (κ2) is 11.7. The van der Waals surface area contributed by atoms with Crippen LogP contribution < -0.4 is 0 Å². The Morgan fingerprint density at radius 2 is 0.745 bits per heavy atom. The first kappa shape index (κ1) is 28.7. The molecule has 10 rings (SSSR count). The highest BCUT2D eigenvalue weighted by Crippen LogP contribution is 2.37. The molecule has 5 aromatic carbocycles. The first-order valence-electron chi connectivity index (χ1n) is 16.5. The van der Waals surface area contributed by atoms with E-state index >= 15 is 0 Å². The van der Waals surface area contributed by atoms with Crippen LogP contribution in [0.15, 0.2) is 158 Å². The van der Waals surface area contributed by atoms with Gasteiger partial charge in [0, 0.05) is 58.5 Å². The standard InChI is InChI=1S/C41H26N10/c1-4-12-30(13-5-1)49-34-19-11-10-18-33(34)46-37(49)27-24-28(38-47-35-40(44-22-20-42-35)50(38)31-14-6-2-7-15-31)26-29(25-27)39-48-36-41(45-23-21-43-36)51(39)32-16-8-3-9-17-32/h1-26H. The number of hydrogen-bond acceptors (Lipinski definition) is 7. The van der Waals surface area contributed by atoms with E-state index in [4.69, 9.17) is 24.9 Å². The van der Waals surface area contributed by atoms with E-state index in [2.05, 4.69) is 60.1 Å². The Balaban J connectivity index is 1.31. The van der Waals surface area contributed by atoms with E-state index in [0.29, 0.717) is 34.2 Å². The van der Waals surface area contributed by atoms with Gasteiger partial charge in [-0.1, -0.05) is 66.7 Å². The minimum Gasteiger partial charge on any atom is -0.292 e. The lowest BCUT2D eigenvalue weighted by Crippen LogP contribution is -2.02. The van der Waals surface area contributed by atoms with E-state index in [9.17, 15) is 0 Å². The fourth-order valence-electron chi connectivity index (χ4n) is 6.72. The molecule has 51 heavy (non-hydrogen) atoms. The molecule has 0 atom stereocenters. The Bertz CT molecular complexity index is 2530. The van der Waals surface area contributed by atoms with Crippen LogP contribution in [-0.4, -0.2) is 48.6 Å². The van der Waals surface area contributed by atoms with E-state index in [1.165, 1.54) is 0 Å². The lowest BCUT2D eigenvalue weighted by Gasteiger charge is -2.15. The highest BCUT2D eigenvalue weighted by Gasteiger charge is 2.23. The van der Waals surface area contributed by atoms with Gasteiger partial charge < -0.3 is 0 Å². The topological polar surface area (TPSA) is 105 Å². The van der Waals surface area contributed by atoms with Crippen LogP contribution >= 0.6 is 0 Å². The molecule has 0 saturated carbocycles. The number of para-hydroxylation sites is 5. The summed E-state index contributed by atoms with van der Waals surface area (Å²) in [7, 11) is 0. The number of fused-ring (bicyclic) bond motifs is 3. The largest absolute Gasteiger partial charge is 0.292 e. The molecule has 0 N–H and O–H groups in total. The molecular formula is C41H26N10. The van der Waals surface area contributed by atoms with Crippen LogP contribution in [0.3, 0.4) is 0 Å². The molecule has 0 aliphatic heterocycles. The molecule has 0 saturated heterocycles. The van der Waals surface area contributed by atoms with Crippen LogP contribution in [0.5, 0.6) is 0 Å². The predicted octanol–water partition coefficient (Wildman–Crippen LogP) is 8.28. The Morgan fingerprint density at radius 3 is 1.24 bits per heavy atom. The molecule has 0 radical (unpaired) electrons. The van der Waals surface area contributed by atoms with Gasteiger partial charge in [0.2, 0.25) is 0 Å². The third-order valence-electron chi connectivity index (χ3n) is 8.90. The Morgan fingerprint density at radius 1 is 0.353 bits per heavy atom. The van der Waals surface area contributed by atoms with Crippen molar-refractivity contribution in [3.63, 3.8) is 0 Å². The minimum atomic E-state index is 0.546. The first-order valence-corrected chi connectivity index (χ1v) is 16.5. The minimum absolute atomic E-state index is 0.546. The van der Waals surface area contributed by atoms with Crippen LogP contribution in [-0.2, 0) is 0 Å². The summed E-state index contributed by atoms with van der Waals surface area (Å²) >= 11 is 0. The summed E-state index contributed by atoms with van der Waals surface area (Å²) in [6.45, 7) is 0. The van der Waals surface area contributed by atoms with Crippen molar-refractivity contribution in [2.75, 3.05) is 0 Å². The van der Waals surface area contributed by atoms with Gasteiger partial charge >= 0.3 is 0 Å². The van der Waals surface area contributed by atoms with Gasteiger partial charge in [-0.3, -0.25) is 13.7 Å². The molecule has 0 fully saturated rings. The molecule has 10 aromatic rings. The highest BCUT2D eigenvalue weighted by molar-refractivity contribution is 5.88. The molecule has 0 unspecified atom stereocenters. The van der Waals surface area contributed by atoms with Gasteiger partial charge in [-0.05, 0) is 66.7 Å². The van der Waals surface area contributed by atoms with Crippen molar-refractivity contribution in [2.24, 2.45) is 0 Å². The summed E-state index contributed by atoms with van der Waals surface area (Å²) in [5.74, 6) is 2.15. The van der Waals surface area contributed by atoms with Gasteiger partial charge in [0.1, 0.15) is 17.5 Å². The number of aromatic nitrogens is 10. The van der Waals surface area contributed by atoms with Gasteiger partial charge in [0.15, 0.2) is 22.6 Å². The average molecular weight is 659 g/mol. The molecule has 0 aliphatic rings. The van der Waals surface area contributed by atoms with Crippen LogP contribution in [0.1, 0.15) is 0 Å². The van der Waals surface area contributed by atoms with Gasteiger partial charge in [-0.15, -0.1) is 0 Å². The molecule has 10 heteroatoms. The van der Waals surface area contributed by atoms with Crippen molar-refractivity contribution in [2.45, 2.75) is 0 Å². The van der Waals surface area contributed by atoms with E-state index in [1.807, 2.05) is 97.1 Å². The van der Waals surface area contributed by atoms with Crippen molar-refractivity contribution >= 4 is 33.6 Å². The lowest BCUT2D eigenvalue weighted by molar-refractivity contribution is 1.07. The Hall–Kier alpha value is -7.33. The predicted molar refractivity (Wildman–Crippen MR) is 198 cm³/mol. The summed E-state index contributed by atoms with van der Waals surface area (Å²) in [6.07, 6.45) is 6.72. The fourth-order valence-corrected chi connectivity index (χ4v) is 6.72. The third-order valence-corrected chi connectivity index (χ3v) is 8.90. The monoisotopic (exact) mass is 658 g/mol. The Labute approximate surface area is 291 Å². The zero-order valence-corrected chi connectivity index (χ0v) is 27.0. The Kier molecular flexibility index (Phi) is 6.56. The van der Waals surface area contributed by atoms with Crippen molar-refractivity contribution < 1.29 is 0 Å². The van der Waals surface area contributed by atoms with Crippen molar-refractivity contribution in [1.29, 1.82) is 0 Å². The second-order valence-corrected chi connectivity index (χ2v) is 12.0. The van der Waals surface area contributed by atoms with Crippen molar-refractivity contribution in [1.82, 2.24) is 48.6 Å². The van der Waals surface area contributed by atoms with Crippen LogP contribution in [0.4, 0.5) is 0 Å². The van der Waals surface area contributed by atoms with Gasteiger partial charge in [0.25, 0.3) is 0 Å². The highest BCUT2D eigenvalue weighted by atomic mass is 15.2. The van der Waals surface area contributed by atoms with Gasteiger partial charge in [-0.2, -0.15) is 0 Å². The SMILES string of the molecule is c1ccc(-n2c(-c3cc(-c4nc5nccnc5n4-c4ccccc4)cc(-c4nc5nccnc5n4-c4ccccc4)c3)nc3ccccc32)cc1. The summed E-state index contributed by atoms with van der Waals surface area (Å²) in [6, 6.07) is 45.1. The van der Waals surface area contributed by atoms with Crippen molar-refractivity contribution in [3.05, 3.63) is 158 Å². The number of nitrogens with zero attached hydrogens (tertiary/aromatic N) is 10. The molecule has 0 spiro atoms. The van der Waals surface area contributed by atoms with Gasteiger partial charge in [-0.25, -0.2) is 34.9 Å². The number of imidazole rings is 3. The number of rotatable bonds is 6. The summed E-state index contributed by atoms with van der Waals surface area (Å²) in [5, 5.41) is 0. The molecule has 5 heterocycles. The lowest BCUT2D eigenvalue weighted by atomic mass is 10.0. The maximum atomic E-state index is 5.23. The summed E-state index contributed by atoms with van der Waals surface area (Å²) < 4.78 is 6.30. The normalized spacial score (nSPS) is 11.5. The van der Waals surface area contributed by atoms with E-state index in [1.54, 1.807) is 24.8 Å². The summed E-state index contributed by atoms with van der Waals surface area (Å²) in [5.41, 5.74) is 9.70. The van der Waals surface area contributed by atoms with Crippen LogP contribution in [0.25, 0.3) is 84.8 Å². The van der Waals surface area contributed by atoms with Gasteiger partial charge in [0.05, 0.1) is 11.0 Å². The molecule has 240 valence electrons. The maximum Gasteiger partial charge on any atom is 0.198 e. The van der Waals surface area contributed by atoms with Crippen LogP contribution in [0.2, 0.25) is 0 Å². The van der Waals surface area contributed by atoms with E-state index in [-0.39, 0.29) is 0 Å². The van der Waals surface area contributed by atoms with Crippen molar-refractivity contribution in [3.8, 4) is 51.2 Å². The zero-order chi connectivity index (χ0) is 33.7. The smallest absolute Gasteiger partial charge is 0.198 e. The zero-order valence-electron chi connectivity index (χ0n) is 27.0. The average Bonchev–Trinajstić information content (AvgIpc) is 3.91. The van der Waals surface area contributed by atoms with E-state index < -0.39 is 0 Å². The molecule has 0 amide bonds. The number of benzene rings is 5. The quantitative estimate of drug-likeness (QED) is 0.177. The third kappa shape index (κ3) is 4.77. The van der Waals surface area contributed by atoms with E-state index in [0.717, 1.165) is 50.6 Å². The fraction of sp³-hybridized carbons (Fsp3) is 0. The second-order valence-electron chi connectivity index (χ2n) is 12.0. The molecule has 0 aliphatic carbocycles. The maximum absolute atomic E-state index is 5.23. The van der Waals surface area contributed by atoms with Crippen LogP contribution in [0, 0.1) is 0 Å². The first-order chi connectivity index (χ1) is 25.3. The summed E-state index contributed by atoms with van der Waals surface area (Å²) in [4.78, 5) is 34.0. The molecular weight excluding hydrogens is 633 g/mol. The molecule has 0 bridgehead atoms. The molecule has 5 aromatic heterocycles. The number of hydrogen-bond donors (Lipinski definition) is 0.